The quantitative estimate of drug-likeness (QED) is 0.715. The lowest BCUT2D eigenvalue weighted by atomic mass is 10.0. The maximum atomic E-state index is 11.9. The van der Waals surface area contributed by atoms with Gasteiger partial charge in [-0.15, -0.1) is 12.4 Å². The fourth-order valence-corrected chi connectivity index (χ4v) is 3.66. The van der Waals surface area contributed by atoms with Gasteiger partial charge < -0.3 is 10.1 Å². The van der Waals surface area contributed by atoms with E-state index < -0.39 is 0 Å². The van der Waals surface area contributed by atoms with E-state index in [2.05, 4.69) is 20.2 Å². The molecule has 0 spiro atoms. The Labute approximate surface area is 177 Å². The molecule has 28 heavy (non-hydrogen) atoms. The molecule has 0 bridgehead atoms. The predicted molar refractivity (Wildman–Crippen MR) is 112 cm³/mol. The van der Waals surface area contributed by atoms with Crippen molar-refractivity contribution in [3.05, 3.63) is 58.6 Å². The number of ether oxygens (including phenoxy) is 1. The Balaban J connectivity index is 0.00000280. The van der Waals surface area contributed by atoms with Crippen LogP contribution < -0.4 is 5.32 Å². The van der Waals surface area contributed by atoms with Gasteiger partial charge in [-0.1, -0.05) is 11.6 Å². The van der Waals surface area contributed by atoms with Crippen LogP contribution in [0.1, 0.15) is 40.7 Å². The minimum atomic E-state index is -0.352. The molecular formula is C20H26Cl2N4O2. The first-order chi connectivity index (χ1) is 13.2. The van der Waals surface area contributed by atoms with Crippen molar-refractivity contribution < 1.29 is 9.53 Å². The molecule has 2 heterocycles. The molecule has 6 nitrogen and oxygen atoms in total. The Morgan fingerprint density at radius 2 is 2.04 bits per heavy atom. The fourth-order valence-electron chi connectivity index (χ4n) is 3.49. The minimum Gasteiger partial charge on any atom is -0.465 e. The van der Waals surface area contributed by atoms with Crippen molar-refractivity contribution in [3.63, 3.8) is 0 Å². The van der Waals surface area contributed by atoms with Gasteiger partial charge in [0.1, 0.15) is 6.33 Å². The van der Waals surface area contributed by atoms with Crippen LogP contribution in [-0.2, 0) is 17.8 Å². The third-order valence-electron chi connectivity index (χ3n) is 4.90. The number of methoxy groups -OCH3 is 1. The van der Waals surface area contributed by atoms with Crippen molar-refractivity contribution in [2.45, 2.75) is 38.4 Å². The van der Waals surface area contributed by atoms with Crippen LogP contribution in [0.25, 0.3) is 0 Å². The first kappa shape index (κ1) is 22.6. The average molecular weight is 425 g/mol. The first-order valence-corrected chi connectivity index (χ1v) is 9.60. The van der Waals surface area contributed by atoms with E-state index >= 15 is 0 Å². The fraction of sp³-hybridized carbons (Fsp3) is 0.450. The number of rotatable bonds is 6. The summed E-state index contributed by atoms with van der Waals surface area (Å²) in [5.74, 6) is -0.352. The van der Waals surface area contributed by atoms with Gasteiger partial charge in [-0.3, -0.25) is 4.90 Å². The van der Waals surface area contributed by atoms with Crippen molar-refractivity contribution in [3.8, 4) is 0 Å². The molecule has 1 saturated heterocycles. The van der Waals surface area contributed by atoms with Crippen molar-refractivity contribution in [1.29, 1.82) is 0 Å². The molecular weight excluding hydrogens is 399 g/mol. The zero-order valence-corrected chi connectivity index (χ0v) is 17.5. The molecule has 3 rings (SSSR count). The van der Waals surface area contributed by atoms with Gasteiger partial charge in [0.25, 0.3) is 0 Å². The highest BCUT2D eigenvalue weighted by Gasteiger charge is 2.22. The van der Waals surface area contributed by atoms with Crippen LogP contribution in [0.4, 0.5) is 0 Å². The first-order valence-electron chi connectivity index (χ1n) is 9.23. The number of esters is 1. The molecule has 2 aromatic rings. The molecule has 1 aliphatic heterocycles. The second-order valence-electron chi connectivity index (χ2n) is 6.78. The van der Waals surface area contributed by atoms with Gasteiger partial charge in [-0.25, -0.2) is 14.8 Å². The molecule has 0 radical (unpaired) electrons. The molecule has 1 fully saturated rings. The van der Waals surface area contributed by atoms with Gasteiger partial charge >= 0.3 is 5.97 Å². The summed E-state index contributed by atoms with van der Waals surface area (Å²) in [4.78, 5) is 22.6. The predicted octanol–water partition coefficient (Wildman–Crippen LogP) is 3.48. The topological polar surface area (TPSA) is 67.3 Å². The monoisotopic (exact) mass is 424 g/mol. The number of nitrogens with one attached hydrogen (secondary N) is 1. The van der Waals surface area contributed by atoms with Crippen molar-refractivity contribution in [2.75, 3.05) is 20.2 Å². The number of benzene rings is 1. The van der Waals surface area contributed by atoms with Crippen molar-refractivity contribution in [1.82, 2.24) is 20.2 Å². The van der Waals surface area contributed by atoms with E-state index in [1.807, 2.05) is 18.5 Å². The Bertz CT molecular complexity index is 753. The van der Waals surface area contributed by atoms with Gasteiger partial charge in [-0.2, -0.15) is 0 Å². The number of nitrogens with zero attached hydrogens (tertiary/aromatic N) is 3. The summed E-state index contributed by atoms with van der Waals surface area (Å²) in [5, 5.41) is 4.12. The lowest BCUT2D eigenvalue weighted by Crippen LogP contribution is -2.35. The number of halogens is 2. The van der Waals surface area contributed by atoms with Gasteiger partial charge in [0.2, 0.25) is 0 Å². The Morgan fingerprint density at radius 3 is 2.79 bits per heavy atom. The molecule has 1 atom stereocenters. The van der Waals surface area contributed by atoms with Gasteiger partial charge in [-0.05, 0) is 56.1 Å². The van der Waals surface area contributed by atoms with Crippen LogP contribution in [0.5, 0.6) is 0 Å². The summed E-state index contributed by atoms with van der Waals surface area (Å²) in [7, 11) is 1.39. The van der Waals surface area contributed by atoms with Crippen LogP contribution in [0.2, 0.25) is 5.02 Å². The lowest BCUT2D eigenvalue weighted by molar-refractivity contribution is 0.0600. The molecule has 152 valence electrons. The number of hydrogen-bond donors (Lipinski definition) is 1. The second-order valence-corrected chi connectivity index (χ2v) is 7.19. The molecule has 1 aliphatic rings. The van der Waals surface area contributed by atoms with Gasteiger partial charge in [0.05, 0.1) is 12.7 Å². The highest BCUT2D eigenvalue weighted by molar-refractivity contribution is 6.31. The minimum absolute atomic E-state index is 0. The summed E-state index contributed by atoms with van der Waals surface area (Å²) >= 11 is 6.45. The third-order valence-corrected chi connectivity index (χ3v) is 5.27. The zero-order valence-electron chi connectivity index (χ0n) is 15.9. The molecule has 1 N–H and O–H groups in total. The molecule has 1 aromatic carbocycles. The van der Waals surface area contributed by atoms with Gasteiger partial charge in [0, 0.05) is 42.1 Å². The van der Waals surface area contributed by atoms with Crippen LogP contribution >= 0.6 is 24.0 Å². The zero-order chi connectivity index (χ0) is 19.1. The summed E-state index contributed by atoms with van der Waals surface area (Å²) in [5.41, 5.74) is 2.51. The molecule has 0 amide bonds. The lowest BCUT2D eigenvalue weighted by Gasteiger charge is -2.31. The van der Waals surface area contributed by atoms with E-state index in [1.54, 1.807) is 18.5 Å². The summed E-state index contributed by atoms with van der Waals surface area (Å²) in [6.45, 7) is 3.45. The maximum absolute atomic E-state index is 11.9. The third kappa shape index (κ3) is 6.14. The van der Waals surface area contributed by atoms with Crippen molar-refractivity contribution in [2.24, 2.45) is 0 Å². The summed E-state index contributed by atoms with van der Waals surface area (Å²) in [6, 6.07) is 5.72. The number of carbonyl (C=O) groups excluding carboxylic acids is 1. The van der Waals surface area contributed by atoms with E-state index in [1.165, 1.54) is 7.11 Å². The van der Waals surface area contributed by atoms with E-state index in [-0.39, 0.29) is 18.4 Å². The highest BCUT2D eigenvalue weighted by atomic mass is 35.5. The van der Waals surface area contributed by atoms with E-state index in [0.717, 1.165) is 50.0 Å². The molecule has 1 unspecified atom stereocenters. The van der Waals surface area contributed by atoms with E-state index in [0.29, 0.717) is 23.2 Å². The number of carbonyl (C=O) groups is 1. The molecule has 0 saturated carbocycles. The van der Waals surface area contributed by atoms with Crippen LogP contribution in [0.15, 0.2) is 36.9 Å². The average Bonchev–Trinajstić information content (AvgIpc) is 2.98. The second kappa shape index (κ2) is 11.3. The Hall–Kier alpha value is -1.73. The standard InChI is InChI=1S/C20H25ClN4O2.ClH/c1-27-20(26)16-4-5-19(21)17(9-16)13-25(12-15-10-23-14-24-11-15)18-3-2-7-22-8-6-18;/h4-5,9-11,14,18,22H,2-3,6-8,12-13H2,1H3;1H. The maximum Gasteiger partial charge on any atom is 0.337 e. The Morgan fingerprint density at radius 1 is 1.25 bits per heavy atom. The normalized spacial score (nSPS) is 16.9. The van der Waals surface area contributed by atoms with E-state index in [9.17, 15) is 4.79 Å². The van der Waals surface area contributed by atoms with Crippen LogP contribution in [0.3, 0.4) is 0 Å². The molecule has 8 heteroatoms. The summed E-state index contributed by atoms with van der Waals surface area (Å²) < 4.78 is 4.84. The summed E-state index contributed by atoms with van der Waals surface area (Å²) in [6.07, 6.45) is 8.57. The molecule has 0 aliphatic carbocycles. The molecule has 1 aromatic heterocycles. The van der Waals surface area contributed by atoms with Gasteiger partial charge in [0.15, 0.2) is 0 Å². The largest absolute Gasteiger partial charge is 0.465 e. The smallest absolute Gasteiger partial charge is 0.337 e. The highest BCUT2D eigenvalue weighted by Crippen LogP contribution is 2.24. The SMILES string of the molecule is COC(=O)c1ccc(Cl)c(CN(Cc2cncnc2)C2CCCNCC2)c1.Cl. The number of aromatic nitrogens is 2. The Kier molecular flexibility index (Phi) is 9.12. The van der Waals surface area contributed by atoms with Crippen LogP contribution in [0, 0.1) is 0 Å². The van der Waals surface area contributed by atoms with E-state index in [4.69, 9.17) is 16.3 Å². The van der Waals surface area contributed by atoms with Crippen molar-refractivity contribution >= 4 is 30.0 Å². The number of hydrogen-bond acceptors (Lipinski definition) is 6. The van der Waals surface area contributed by atoms with Crippen LogP contribution in [-0.4, -0.2) is 47.1 Å².